The Hall–Kier alpha value is -3.80. The van der Waals surface area contributed by atoms with Crippen LogP contribution in [-0.2, 0) is 19.1 Å². The van der Waals surface area contributed by atoms with Gasteiger partial charge in [-0.25, -0.2) is 19.2 Å². The van der Waals surface area contributed by atoms with Crippen LogP contribution in [0.25, 0.3) is 10.9 Å². The zero-order valence-electron chi connectivity index (χ0n) is 23.6. The molecule has 12 heteroatoms. The number of carbonyl (C=O) groups is 2. The van der Waals surface area contributed by atoms with Gasteiger partial charge in [0.25, 0.3) is 0 Å². The van der Waals surface area contributed by atoms with Crippen LogP contribution < -0.4 is 15.4 Å². The summed E-state index contributed by atoms with van der Waals surface area (Å²) in [7, 11) is 0. The first-order valence-electron chi connectivity index (χ1n) is 14.6. The summed E-state index contributed by atoms with van der Waals surface area (Å²) in [6, 6.07) is 7.89. The van der Waals surface area contributed by atoms with Crippen LogP contribution in [0, 0.1) is 11.7 Å². The molecule has 0 radical (unpaired) electrons. The van der Waals surface area contributed by atoms with Gasteiger partial charge < -0.3 is 24.8 Å². The molecule has 3 aliphatic rings. The van der Waals surface area contributed by atoms with E-state index in [4.69, 9.17) is 25.8 Å². The molecule has 3 fully saturated rings. The van der Waals surface area contributed by atoms with E-state index in [0.29, 0.717) is 65.9 Å². The average molecular weight is 610 g/mol. The lowest BCUT2D eigenvalue weighted by Gasteiger charge is -2.31. The van der Waals surface area contributed by atoms with Gasteiger partial charge in [-0.2, -0.15) is 0 Å². The Kier molecular flexibility index (Phi) is 9.01. The van der Waals surface area contributed by atoms with Gasteiger partial charge in [-0.05, 0) is 55.9 Å². The quantitative estimate of drug-likeness (QED) is 0.222. The van der Waals surface area contributed by atoms with Crippen molar-refractivity contribution < 1.29 is 28.2 Å². The van der Waals surface area contributed by atoms with Crippen LogP contribution in [0.4, 0.5) is 21.6 Å². The van der Waals surface area contributed by atoms with Gasteiger partial charge in [-0.3, -0.25) is 9.69 Å². The number of rotatable bonds is 11. The Labute approximate surface area is 253 Å². The van der Waals surface area contributed by atoms with Crippen LogP contribution in [0.2, 0.25) is 5.02 Å². The minimum absolute atomic E-state index is 0.00719. The molecule has 2 saturated heterocycles. The summed E-state index contributed by atoms with van der Waals surface area (Å²) in [6.45, 7) is 3.25. The van der Waals surface area contributed by atoms with E-state index in [9.17, 15) is 14.0 Å². The van der Waals surface area contributed by atoms with Crippen LogP contribution >= 0.6 is 11.6 Å². The second-order valence-electron chi connectivity index (χ2n) is 11.1. The van der Waals surface area contributed by atoms with E-state index >= 15 is 0 Å². The van der Waals surface area contributed by atoms with E-state index in [-0.39, 0.29) is 23.0 Å². The second kappa shape index (κ2) is 13.2. The van der Waals surface area contributed by atoms with Gasteiger partial charge in [0.1, 0.15) is 23.7 Å². The number of carbonyl (C=O) groups excluding carboxylic acids is 2. The number of hydrogen-bond donors (Lipinski definition) is 2. The first kappa shape index (κ1) is 29.3. The standard InChI is InChI=1S/C31H33ClFN5O5/c32-23-14-20(5-6-24(23)33)36-30-22-15-26(28(42-17-19-3-4-19)16-25(22)34-18-35-30)37-29(39)2-1-10-38-11-7-21(8-12-38)43-27-9-13-41-31(27)40/h1-2,5-6,14-16,18-19,21,27H,3-4,7-13,17H2,(H,37,39)(H,34,35,36). The smallest absolute Gasteiger partial charge is 0.335 e. The molecule has 1 aromatic heterocycles. The fourth-order valence-electron chi connectivity index (χ4n) is 5.15. The largest absolute Gasteiger partial charge is 0.491 e. The molecule has 1 atom stereocenters. The van der Waals surface area contributed by atoms with E-state index in [1.54, 1.807) is 18.2 Å². The van der Waals surface area contributed by atoms with Crippen molar-refractivity contribution in [1.82, 2.24) is 14.9 Å². The normalized spacial score (nSPS) is 19.6. The number of amides is 1. The minimum Gasteiger partial charge on any atom is -0.491 e. The second-order valence-corrected chi connectivity index (χ2v) is 11.5. The summed E-state index contributed by atoms with van der Waals surface area (Å²) >= 11 is 5.96. The summed E-state index contributed by atoms with van der Waals surface area (Å²) in [5, 5.41) is 6.76. The van der Waals surface area contributed by atoms with Crippen molar-refractivity contribution in [2.45, 2.75) is 44.3 Å². The number of halogens is 2. The minimum atomic E-state index is -0.513. The summed E-state index contributed by atoms with van der Waals surface area (Å²) in [4.78, 5) is 35.7. The topological polar surface area (TPSA) is 115 Å². The monoisotopic (exact) mass is 609 g/mol. The van der Waals surface area contributed by atoms with E-state index in [1.165, 1.54) is 24.5 Å². The van der Waals surface area contributed by atoms with E-state index in [0.717, 1.165) is 38.8 Å². The van der Waals surface area contributed by atoms with E-state index < -0.39 is 11.9 Å². The van der Waals surface area contributed by atoms with Crippen molar-refractivity contribution in [3.63, 3.8) is 0 Å². The number of likely N-dealkylation sites (tertiary alicyclic amines) is 1. The number of fused-ring (bicyclic) bond motifs is 1. The molecule has 2 aliphatic heterocycles. The van der Waals surface area contributed by atoms with Gasteiger partial charge in [0.15, 0.2) is 6.10 Å². The zero-order valence-corrected chi connectivity index (χ0v) is 24.3. The highest BCUT2D eigenvalue weighted by Gasteiger charge is 2.31. The Morgan fingerprint density at radius 3 is 2.72 bits per heavy atom. The van der Waals surface area contributed by atoms with Gasteiger partial charge in [0.05, 0.1) is 35.5 Å². The summed E-state index contributed by atoms with van der Waals surface area (Å²) in [6.07, 6.45) is 8.93. The SMILES string of the molecule is O=C(C=CCN1CCC(OC2CCOC2=O)CC1)Nc1cc2c(Nc3ccc(F)c(Cl)c3)ncnc2cc1OCC1CC1. The molecule has 1 unspecified atom stereocenters. The molecule has 226 valence electrons. The Bertz CT molecular complexity index is 1530. The van der Waals surface area contributed by atoms with Crippen LogP contribution in [0.1, 0.15) is 32.1 Å². The lowest BCUT2D eigenvalue weighted by Crippen LogP contribution is -2.39. The molecule has 2 N–H and O–H groups in total. The number of aromatic nitrogens is 2. The zero-order chi connectivity index (χ0) is 29.8. The third-order valence-electron chi connectivity index (χ3n) is 7.76. The van der Waals surface area contributed by atoms with Crippen LogP contribution in [-0.4, -0.2) is 71.8 Å². The first-order chi connectivity index (χ1) is 20.9. The fourth-order valence-corrected chi connectivity index (χ4v) is 5.33. The number of nitrogens with zero attached hydrogens (tertiary/aromatic N) is 3. The molecule has 0 bridgehead atoms. The number of esters is 1. The highest BCUT2D eigenvalue weighted by molar-refractivity contribution is 6.31. The Morgan fingerprint density at radius 2 is 1.98 bits per heavy atom. The third kappa shape index (κ3) is 7.59. The van der Waals surface area contributed by atoms with Gasteiger partial charge in [-0.1, -0.05) is 17.7 Å². The molecule has 2 aromatic carbocycles. The number of cyclic esters (lactones) is 1. The van der Waals surface area contributed by atoms with Gasteiger partial charge in [-0.15, -0.1) is 0 Å². The number of nitrogens with one attached hydrogen (secondary N) is 2. The molecule has 3 aromatic rings. The molecule has 1 saturated carbocycles. The van der Waals surface area contributed by atoms with Gasteiger partial charge in [0.2, 0.25) is 5.91 Å². The van der Waals surface area contributed by atoms with Crippen molar-refractivity contribution in [3.8, 4) is 5.75 Å². The Morgan fingerprint density at radius 1 is 1.14 bits per heavy atom. The number of hydrogen-bond acceptors (Lipinski definition) is 9. The van der Waals surface area contributed by atoms with Crippen LogP contribution in [0.5, 0.6) is 5.75 Å². The van der Waals surface area contributed by atoms with Crippen molar-refractivity contribution >= 4 is 51.6 Å². The molecule has 3 heterocycles. The average Bonchev–Trinajstić information content (AvgIpc) is 3.75. The molecule has 1 amide bonds. The van der Waals surface area contributed by atoms with Crippen molar-refractivity contribution in [2.75, 3.05) is 43.5 Å². The molecular weight excluding hydrogens is 577 g/mol. The molecular formula is C31H33ClFN5O5. The molecule has 43 heavy (non-hydrogen) atoms. The molecule has 10 nitrogen and oxygen atoms in total. The van der Waals surface area contributed by atoms with Crippen molar-refractivity contribution in [1.29, 1.82) is 0 Å². The number of ether oxygens (including phenoxy) is 3. The summed E-state index contributed by atoms with van der Waals surface area (Å²) in [5.74, 6) is 0.466. The molecule has 6 rings (SSSR count). The maximum absolute atomic E-state index is 13.7. The first-order valence-corrected chi connectivity index (χ1v) is 14.9. The lowest BCUT2D eigenvalue weighted by atomic mass is 10.1. The highest BCUT2D eigenvalue weighted by atomic mass is 35.5. The summed E-state index contributed by atoms with van der Waals surface area (Å²) < 4.78 is 30.7. The van der Waals surface area contributed by atoms with Gasteiger partial charge >= 0.3 is 5.97 Å². The number of benzene rings is 2. The third-order valence-corrected chi connectivity index (χ3v) is 8.05. The maximum atomic E-state index is 13.7. The highest BCUT2D eigenvalue weighted by Crippen LogP contribution is 2.36. The maximum Gasteiger partial charge on any atom is 0.335 e. The number of piperidine rings is 1. The Balaban J connectivity index is 1.10. The lowest BCUT2D eigenvalue weighted by molar-refractivity contribution is -0.151. The van der Waals surface area contributed by atoms with E-state index in [2.05, 4.69) is 25.5 Å². The predicted octanol–water partition coefficient (Wildman–Crippen LogP) is 5.25. The van der Waals surface area contributed by atoms with Crippen LogP contribution in [0.15, 0.2) is 48.8 Å². The predicted molar refractivity (Wildman–Crippen MR) is 160 cm³/mol. The fraction of sp³-hybridized carbons (Fsp3) is 0.419. The van der Waals surface area contributed by atoms with Crippen LogP contribution in [0.3, 0.4) is 0 Å². The summed E-state index contributed by atoms with van der Waals surface area (Å²) in [5.41, 5.74) is 1.69. The van der Waals surface area contributed by atoms with Crippen molar-refractivity contribution in [3.05, 3.63) is 59.7 Å². The number of anilines is 3. The van der Waals surface area contributed by atoms with Crippen molar-refractivity contribution in [2.24, 2.45) is 5.92 Å². The van der Waals surface area contributed by atoms with Gasteiger partial charge in [0, 0.05) is 49.3 Å². The van der Waals surface area contributed by atoms with E-state index in [1.807, 2.05) is 6.08 Å². The molecule has 0 spiro atoms. The molecule has 1 aliphatic carbocycles.